The molecule has 3 aromatic carbocycles. The lowest BCUT2D eigenvalue weighted by molar-refractivity contribution is -0.114. The molecule has 7 nitrogen and oxygen atoms in total. The van der Waals surface area contributed by atoms with Crippen LogP contribution in [-0.2, 0) is 21.2 Å². The largest absolute Gasteiger partial charge is 0.326 e. The van der Waals surface area contributed by atoms with E-state index in [0.29, 0.717) is 30.9 Å². The van der Waals surface area contributed by atoms with E-state index in [0.717, 1.165) is 27.9 Å². The van der Waals surface area contributed by atoms with Crippen LogP contribution >= 0.6 is 0 Å². The van der Waals surface area contributed by atoms with Crippen LogP contribution in [-0.4, -0.2) is 49.7 Å². The average molecular weight is 492 g/mol. The lowest BCUT2D eigenvalue weighted by Gasteiger charge is -2.26. The van der Waals surface area contributed by atoms with Crippen molar-refractivity contribution < 1.29 is 18.0 Å². The zero-order valence-electron chi connectivity index (χ0n) is 19.9. The molecule has 182 valence electrons. The van der Waals surface area contributed by atoms with Crippen molar-refractivity contribution in [3.8, 4) is 11.1 Å². The molecule has 0 aliphatic carbocycles. The van der Waals surface area contributed by atoms with Crippen molar-refractivity contribution in [1.29, 1.82) is 0 Å². The first-order valence-corrected chi connectivity index (χ1v) is 13.3. The number of hydrogen-bond acceptors (Lipinski definition) is 5. The van der Waals surface area contributed by atoms with E-state index in [1.807, 2.05) is 61.5 Å². The summed E-state index contributed by atoms with van der Waals surface area (Å²) in [4.78, 5) is 26.2. The number of carbonyl (C=O) groups is 2. The second-order valence-corrected chi connectivity index (χ2v) is 11.2. The molecule has 35 heavy (non-hydrogen) atoms. The monoisotopic (exact) mass is 491 g/mol. The van der Waals surface area contributed by atoms with Crippen LogP contribution in [0.4, 0.5) is 11.4 Å². The first-order valence-electron chi connectivity index (χ1n) is 11.5. The summed E-state index contributed by atoms with van der Waals surface area (Å²) in [6.45, 7) is 5.27. The second-order valence-electron chi connectivity index (χ2n) is 8.87. The van der Waals surface area contributed by atoms with Crippen molar-refractivity contribution in [2.45, 2.75) is 20.4 Å². The van der Waals surface area contributed by atoms with Gasteiger partial charge >= 0.3 is 0 Å². The van der Waals surface area contributed by atoms with Crippen molar-refractivity contribution in [1.82, 2.24) is 4.90 Å². The Bertz CT molecular complexity index is 1320. The molecule has 4 rings (SSSR count). The summed E-state index contributed by atoms with van der Waals surface area (Å²) in [5, 5.41) is 5.72. The predicted molar refractivity (Wildman–Crippen MR) is 139 cm³/mol. The van der Waals surface area contributed by atoms with E-state index >= 15 is 0 Å². The van der Waals surface area contributed by atoms with Crippen molar-refractivity contribution in [3.63, 3.8) is 0 Å². The van der Waals surface area contributed by atoms with Crippen LogP contribution in [0.1, 0.15) is 28.4 Å². The molecular weight excluding hydrogens is 462 g/mol. The summed E-state index contributed by atoms with van der Waals surface area (Å²) in [6.07, 6.45) is 0. The Morgan fingerprint density at radius 3 is 2.11 bits per heavy atom. The standard InChI is InChI=1S/C27H29N3O4S/c1-19-3-10-25(28-20(2)31)17-26(19)22-6-8-23(9-7-22)27(32)29-24-11-4-21(5-12-24)18-30-13-15-35(33,34)16-14-30/h3-12,17H,13-16,18H2,1-2H3,(H,28,31)(H,29,32). The molecule has 2 N–H and O–H groups in total. The number of sulfone groups is 1. The highest BCUT2D eigenvalue weighted by molar-refractivity contribution is 7.91. The van der Waals surface area contributed by atoms with Gasteiger partial charge in [-0.2, -0.15) is 0 Å². The number of nitrogens with zero attached hydrogens (tertiary/aromatic N) is 1. The van der Waals surface area contributed by atoms with Crippen LogP contribution in [0.25, 0.3) is 11.1 Å². The first-order chi connectivity index (χ1) is 16.7. The van der Waals surface area contributed by atoms with E-state index in [1.165, 1.54) is 6.92 Å². The van der Waals surface area contributed by atoms with Gasteiger partial charge in [-0.05, 0) is 65.6 Å². The highest BCUT2D eigenvalue weighted by Crippen LogP contribution is 2.27. The quantitative estimate of drug-likeness (QED) is 0.541. The summed E-state index contributed by atoms with van der Waals surface area (Å²) in [5.74, 6) is 0.0940. The molecule has 1 heterocycles. The molecule has 1 aliphatic rings. The summed E-state index contributed by atoms with van der Waals surface area (Å²) in [6, 6.07) is 20.7. The zero-order valence-corrected chi connectivity index (χ0v) is 20.7. The molecule has 0 spiro atoms. The van der Waals surface area contributed by atoms with Crippen LogP contribution < -0.4 is 10.6 Å². The fraction of sp³-hybridized carbons (Fsp3) is 0.259. The number of hydrogen-bond donors (Lipinski definition) is 2. The summed E-state index contributed by atoms with van der Waals surface area (Å²) < 4.78 is 23.2. The number of benzene rings is 3. The van der Waals surface area contributed by atoms with E-state index in [4.69, 9.17) is 0 Å². The summed E-state index contributed by atoms with van der Waals surface area (Å²) in [7, 11) is -2.89. The Morgan fingerprint density at radius 1 is 0.857 bits per heavy atom. The fourth-order valence-corrected chi connectivity index (χ4v) is 5.36. The molecule has 0 radical (unpaired) electrons. The SMILES string of the molecule is CC(=O)Nc1ccc(C)c(-c2ccc(C(=O)Nc3ccc(CN4CCS(=O)(=O)CC4)cc3)cc2)c1. The van der Waals surface area contributed by atoms with Gasteiger partial charge < -0.3 is 10.6 Å². The minimum atomic E-state index is -2.89. The third kappa shape index (κ3) is 6.55. The Kier molecular flexibility index (Phi) is 7.33. The van der Waals surface area contributed by atoms with Crippen LogP contribution in [0.15, 0.2) is 66.7 Å². The molecule has 1 saturated heterocycles. The van der Waals surface area contributed by atoms with Crippen LogP contribution in [0.2, 0.25) is 0 Å². The lowest BCUT2D eigenvalue weighted by Crippen LogP contribution is -2.39. The normalized spacial score (nSPS) is 15.4. The number of nitrogens with one attached hydrogen (secondary N) is 2. The van der Waals surface area contributed by atoms with Gasteiger partial charge in [-0.25, -0.2) is 8.42 Å². The maximum Gasteiger partial charge on any atom is 0.255 e. The summed E-state index contributed by atoms with van der Waals surface area (Å²) >= 11 is 0. The number of rotatable bonds is 6. The van der Waals surface area contributed by atoms with E-state index in [-0.39, 0.29) is 23.3 Å². The van der Waals surface area contributed by atoms with Gasteiger partial charge in [0, 0.05) is 43.5 Å². The Morgan fingerprint density at radius 2 is 1.49 bits per heavy atom. The van der Waals surface area contributed by atoms with Crippen molar-refractivity contribution in [2.75, 3.05) is 35.2 Å². The molecule has 8 heteroatoms. The van der Waals surface area contributed by atoms with Crippen LogP contribution in [0.3, 0.4) is 0 Å². The zero-order chi connectivity index (χ0) is 25.0. The molecule has 2 amide bonds. The van der Waals surface area contributed by atoms with Gasteiger partial charge in [0.1, 0.15) is 0 Å². The minimum absolute atomic E-state index is 0.123. The van der Waals surface area contributed by atoms with Crippen LogP contribution in [0, 0.1) is 6.92 Å². The smallest absolute Gasteiger partial charge is 0.255 e. The summed E-state index contributed by atoms with van der Waals surface area (Å²) in [5.41, 5.74) is 6.07. The van der Waals surface area contributed by atoms with Gasteiger partial charge in [0.15, 0.2) is 9.84 Å². The van der Waals surface area contributed by atoms with Gasteiger partial charge in [0.05, 0.1) is 11.5 Å². The van der Waals surface area contributed by atoms with Gasteiger partial charge in [0.2, 0.25) is 5.91 Å². The predicted octanol–water partition coefficient (Wildman–Crippen LogP) is 4.10. The van der Waals surface area contributed by atoms with E-state index < -0.39 is 9.84 Å². The second kappa shape index (κ2) is 10.4. The molecule has 0 bridgehead atoms. The molecule has 1 aliphatic heterocycles. The number of carbonyl (C=O) groups excluding carboxylic acids is 2. The molecule has 1 fully saturated rings. The van der Waals surface area contributed by atoms with Crippen LogP contribution in [0.5, 0.6) is 0 Å². The number of aryl methyl sites for hydroxylation is 1. The third-order valence-corrected chi connectivity index (χ3v) is 7.68. The van der Waals surface area contributed by atoms with E-state index in [9.17, 15) is 18.0 Å². The Hall–Kier alpha value is -3.49. The van der Waals surface area contributed by atoms with E-state index in [2.05, 4.69) is 15.5 Å². The topological polar surface area (TPSA) is 95.6 Å². The first kappa shape index (κ1) is 24.6. The maximum absolute atomic E-state index is 12.7. The van der Waals surface area contributed by atoms with Crippen molar-refractivity contribution >= 4 is 33.0 Å². The number of anilines is 2. The highest BCUT2D eigenvalue weighted by atomic mass is 32.2. The van der Waals surface area contributed by atoms with Gasteiger partial charge in [-0.15, -0.1) is 0 Å². The average Bonchev–Trinajstić information content (AvgIpc) is 2.83. The molecule has 0 unspecified atom stereocenters. The lowest BCUT2D eigenvalue weighted by atomic mass is 9.98. The molecule has 0 atom stereocenters. The number of amides is 2. The fourth-order valence-electron chi connectivity index (χ4n) is 4.08. The molecule has 0 aromatic heterocycles. The molecule has 3 aromatic rings. The van der Waals surface area contributed by atoms with E-state index in [1.54, 1.807) is 12.1 Å². The van der Waals surface area contributed by atoms with Crippen molar-refractivity contribution in [2.24, 2.45) is 0 Å². The minimum Gasteiger partial charge on any atom is -0.326 e. The van der Waals surface area contributed by atoms with Gasteiger partial charge in [0.25, 0.3) is 5.91 Å². The molecular formula is C27H29N3O4S. The molecule has 0 saturated carbocycles. The van der Waals surface area contributed by atoms with Gasteiger partial charge in [-0.3, -0.25) is 14.5 Å². The Balaban J connectivity index is 1.38. The highest BCUT2D eigenvalue weighted by Gasteiger charge is 2.21. The Labute approximate surface area is 206 Å². The van der Waals surface area contributed by atoms with Crippen molar-refractivity contribution in [3.05, 3.63) is 83.4 Å². The van der Waals surface area contributed by atoms with Gasteiger partial charge in [-0.1, -0.05) is 30.3 Å². The third-order valence-electron chi connectivity index (χ3n) is 6.07. The maximum atomic E-state index is 12.7.